The zero-order valence-electron chi connectivity index (χ0n) is 9.52. The van der Waals surface area contributed by atoms with Crippen LogP contribution in [0.2, 0.25) is 0 Å². The summed E-state index contributed by atoms with van der Waals surface area (Å²) in [6.45, 7) is 2.14. The van der Waals surface area contributed by atoms with Crippen LogP contribution in [0.15, 0.2) is 12.1 Å². The van der Waals surface area contributed by atoms with Crippen LogP contribution < -0.4 is 10.6 Å². The Morgan fingerprint density at radius 1 is 1.47 bits per heavy atom. The summed E-state index contributed by atoms with van der Waals surface area (Å²) >= 11 is 0. The van der Waals surface area contributed by atoms with Gasteiger partial charge in [-0.1, -0.05) is 0 Å². The summed E-state index contributed by atoms with van der Waals surface area (Å²) in [5, 5.41) is 5.49. The molecule has 17 heavy (non-hydrogen) atoms. The highest BCUT2D eigenvalue weighted by molar-refractivity contribution is 5.95. The largest absolute Gasteiger partial charge is 0.322 e. The van der Waals surface area contributed by atoms with Gasteiger partial charge >= 0.3 is 0 Å². The molecule has 1 heterocycles. The fourth-order valence-corrected chi connectivity index (χ4v) is 1.89. The third-order valence-corrected chi connectivity index (χ3v) is 2.95. The van der Waals surface area contributed by atoms with E-state index in [-0.39, 0.29) is 23.2 Å². The number of rotatable bonds is 2. The number of hydrogen-bond acceptors (Lipinski definition) is 2. The molecule has 0 saturated carbocycles. The van der Waals surface area contributed by atoms with Crippen LogP contribution in [-0.2, 0) is 4.79 Å². The van der Waals surface area contributed by atoms with Gasteiger partial charge in [-0.3, -0.25) is 4.79 Å². The lowest BCUT2D eigenvalue weighted by Gasteiger charge is -2.12. The minimum absolute atomic E-state index is 0.0302. The second-order valence-electron chi connectivity index (χ2n) is 4.17. The highest BCUT2D eigenvalue weighted by atomic mass is 19.1. The molecule has 0 radical (unpaired) electrons. The van der Waals surface area contributed by atoms with E-state index in [2.05, 4.69) is 10.6 Å². The van der Waals surface area contributed by atoms with Crippen LogP contribution in [0.5, 0.6) is 0 Å². The maximum Gasteiger partial charge on any atom is 0.241 e. The molecule has 2 N–H and O–H groups in total. The Balaban J connectivity index is 2.13. The molecule has 1 amide bonds. The fraction of sp³-hybridized carbons (Fsp3) is 0.417. The first-order chi connectivity index (χ1) is 8.09. The minimum atomic E-state index is -0.712. The molecule has 3 nitrogen and oxygen atoms in total. The molecule has 92 valence electrons. The number of hydrogen-bond donors (Lipinski definition) is 2. The number of carbonyl (C=O) groups is 1. The fourth-order valence-electron chi connectivity index (χ4n) is 1.89. The molecule has 0 aliphatic carbocycles. The predicted octanol–water partition coefficient (Wildman–Crippen LogP) is 1.96. The first-order valence-corrected chi connectivity index (χ1v) is 5.58. The van der Waals surface area contributed by atoms with E-state index in [9.17, 15) is 13.6 Å². The molecular weight excluding hydrogens is 226 g/mol. The molecule has 1 aromatic rings. The van der Waals surface area contributed by atoms with E-state index < -0.39 is 11.6 Å². The molecule has 1 aliphatic heterocycles. The number of amides is 1. The number of halogens is 2. The van der Waals surface area contributed by atoms with Gasteiger partial charge in [0.2, 0.25) is 5.91 Å². The van der Waals surface area contributed by atoms with E-state index in [1.807, 2.05) is 0 Å². The van der Waals surface area contributed by atoms with Gasteiger partial charge in [0.25, 0.3) is 0 Å². The number of nitrogens with one attached hydrogen (secondary N) is 2. The molecule has 1 fully saturated rings. The van der Waals surface area contributed by atoms with Gasteiger partial charge in [-0.2, -0.15) is 0 Å². The molecule has 0 aromatic heterocycles. The molecule has 0 unspecified atom stereocenters. The molecular formula is C12H14F2N2O. The molecule has 1 saturated heterocycles. The van der Waals surface area contributed by atoms with Crippen molar-refractivity contribution in [2.24, 2.45) is 0 Å². The van der Waals surface area contributed by atoms with Gasteiger partial charge in [0, 0.05) is 5.56 Å². The molecule has 1 aliphatic rings. The van der Waals surface area contributed by atoms with Gasteiger partial charge in [-0.15, -0.1) is 0 Å². The predicted molar refractivity (Wildman–Crippen MR) is 60.7 cm³/mol. The summed E-state index contributed by atoms with van der Waals surface area (Å²) in [5.74, 6) is -1.59. The normalized spacial score (nSPS) is 19.4. The standard InChI is InChI=1S/C12H14F2N2O/c1-7-8(13)4-5-9(11(7)14)16-12(17)10-3-2-6-15-10/h4-5,10,15H,2-3,6H2,1H3,(H,16,17)/t10-/m0/s1. The summed E-state index contributed by atoms with van der Waals surface area (Å²) in [5.41, 5.74) is -0.0511. The minimum Gasteiger partial charge on any atom is -0.322 e. The van der Waals surface area contributed by atoms with Crippen LogP contribution in [0.1, 0.15) is 18.4 Å². The third kappa shape index (κ3) is 2.44. The first kappa shape index (κ1) is 12.0. The number of benzene rings is 1. The van der Waals surface area contributed by atoms with Crippen molar-refractivity contribution in [2.45, 2.75) is 25.8 Å². The van der Waals surface area contributed by atoms with Gasteiger partial charge in [-0.25, -0.2) is 8.78 Å². The number of anilines is 1. The smallest absolute Gasteiger partial charge is 0.241 e. The molecule has 0 spiro atoms. The Morgan fingerprint density at radius 3 is 2.88 bits per heavy atom. The Kier molecular flexibility index (Phi) is 3.38. The zero-order chi connectivity index (χ0) is 12.4. The van der Waals surface area contributed by atoms with Crippen molar-refractivity contribution < 1.29 is 13.6 Å². The van der Waals surface area contributed by atoms with Crippen molar-refractivity contribution >= 4 is 11.6 Å². The van der Waals surface area contributed by atoms with E-state index in [1.165, 1.54) is 13.0 Å². The second-order valence-corrected chi connectivity index (χ2v) is 4.17. The lowest BCUT2D eigenvalue weighted by molar-refractivity contribution is -0.117. The summed E-state index contributed by atoms with van der Waals surface area (Å²) < 4.78 is 26.7. The van der Waals surface area contributed by atoms with Gasteiger partial charge in [0.15, 0.2) is 5.82 Å². The van der Waals surface area contributed by atoms with Crippen molar-refractivity contribution in [3.05, 3.63) is 29.3 Å². The van der Waals surface area contributed by atoms with Crippen molar-refractivity contribution in [3.63, 3.8) is 0 Å². The van der Waals surface area contributed by atoms with Crippen molar-refractivity contribution in [1.82, 2.24) is 5.32 Å². The second kappa shape index (κ2) is 4.79. The van der Waals surface area contributed by atoms with Crippen molar-refractivity contribution in [1.29, 1.82) is 0 Å². The van der Waals surface area contributed by atoms with Crippen LogP contribution in [0, 0.1) is 18.6 Å². The third-order valence-electron chi connectivity index (χ3n) is 2.95. The average Bonchev–Trinajstić information content (AvgIpc) is 2.83. The summed E-state index contributed by atoms with van der Waals surface area (Å²) in [6, 6.07) is 2.11. The van der Waals surface area contributed by atoms with Crippen LogP contribution in [0.3, 0.4) is 0 Å². The van der Waals surface area contributed by atoms with E-state index in [4.69, 9.17) is 0 Å². The Labute approximate surface area is 98.2 Å². The Bertz CT molecular complexity index is 442. The van der Waals surface area contributed by atoms with Crippen molar-refractivity contribution in [3.8, 4) is 0 Å². The average molecular weight is 240 g/mol. The van der Waals surface area contributed by atoms with E-state index in [1.54, 1.807) is 0 Å². The first-order valence-electron chi connectivity index (χ1n) is 5.58. The SMILES string of the molecule is Cc1c(F)ccc(NC(=O)[C@@H]2CCCN2)c1F. The molecule has 1 aromatic carbocycles. The van der Waals surface area contributed by atoms with E-state index in [0.717, 1.165) is 25.5 Å². The highest BCUT2D eigenvalue weighted by Crippen LogP contribution is 2.20. The maximum atomic E-state index is 13.6. The van der Waals surface area contributed by atoms with Crippen LogP contribution >= 0.6 is 0 Å². The van der Waals surface area contributed by atoms with Crippen LogP contribution in [0.4, 0.5) is 14.5 Å². The van der Waals surface area contributed by atoms with Gasteiger partial charge in [-0.05, 0) is 38.4 Å². The molecule has 1 atom stereocenters. The quantitative estimate of drug-likeness (QED) is 0.829. The van der Waals surface area contributed by atoms with E-state index >= 15 is 0 Å². The molecule has 5 heteroatoms. The molecule has 2 rings (SSSR count). The van der Waals surface area contributed by atoms with Gasteiger partial charge < -0.3 is 10.6 Å². The maximum absolute atomic E-state index is 13.6. The monoisotopic (exact) mass is 240 g/mol. The highest BCUT2D eigenvalue weighted by Gasteiger charge is 2.23. The van der Waals surface area contributed by atoms with E-state index in [0.29, 0.717) is 0 Å². The summed E-state index contributed by atoms with van der Waals surface area (Å²) in [7, 11) is 0. The number of carbonyl (C=O) groups excluding carboxylic acids is 1. The van der Waals surface area contributed by atoms with Crippen molar-refractivity contribution in [2.75, 3.05) is 11.9 Å². The Morgan fingerprint density at radius 2 is 2.24 bits per heavy atom. The zero-order valence-corrected chi connectivity index (χ0v) is 9.52. The van der Waals surface area contributed by atoms with Gasteiger partial charge in [0.05, 0.1) is 11.7 Å². The lowest BCUT2D eigenvalue weighted by Crippen LogP contribution is -2.35. The Hall–Kier alpha value is -1.49. The van der Waals surface area contributed by atoms with Crippen LogP contribution in [0.25, 0.3) is 0 Å². The summed E-state index contributed by atoms with van der Waals surface area (Å²) in [4.78, 5) is 11.7. The van der Waals surface area contributed by atoms with Gasteiger partial charge in [0.1, 0.15) is 5.82 Å². The molecule has 0 bridgehead atoms. The lowest BCUT2D eigenvalue weighted by atomic mass is 10.1. The topological polar surface area (TPSA) is 41.1 Å². The van der Waals surface area contributed by atoms with Crippen LogP contribution in [-0.4, -0.2) is 18.5 Å². The summed E-state index contributed by atoms with van der Waals surface area (Å²) in [6.07, 6.45) is 1.68.